The third-order valence-electron chi connectivity index (χ3n) is 5.61. The second kappa shape index (κ2) is 8.15. The van der Waals surface area contributed by atoms with E-state index in [9.17, 15) is 13.6 Å². The van der Waals surface area contributed by atoms with Gasteiger partial charge in [-0.05, 0) is 80.0 Å². The first-order valence-corrected chi connectivity index (χ1v) is 9.79. The highest BCUT2D eigenvalue weighted by atomic mass is 19.1. The molecular weight excluding hydrogens is 374 g/mol. The lowest BCUT2D eigenvalue weighted by Gasteiger charge is -2.29. The van der Waals surface area contributed by atoms with Crippen LogP contribution in [0.15, 0.2) is 48.7 Å². The highest BCUT2D eigenvalue weighted by Gasteiger charge is 2.24. The fourth-order valence-electron chi connectivity index (χ4n) is 4.05. The molecule has 1 amide bonds. The SMILES string of the molecule is NC(=O)c1ccc(F)c(CC2CCC(Oc3ccnc4c(F)cccc34)CC2)c1. The van der Waals surface area contributed by atoms with Crippen molar-refractivity contribution < 1.29 is 18.3 Å². The zero-order valence-corrected chi connectivity index (χ0v) is 15.9. The number of hydrogen-bond donors (Lipinski definition) is 1. The molecule has 29 heavy (non-hydrogen) atoms. The van der Waals surface area contributed by atoms with E-state index in [1.165, 1.54) is 18.2 Å². The number of halogens is 2. The van der Waals surface area contributed by atoms with E-state index >= 15 is 0 Å². The molecule has 3 aromatic rings. The summed E-state index contributed by atoms with van der Waals surface area (Å²) in [6.07, 6.45) is 5.61. The Morgan fingerprint density at radius 1 is 1.07 bits per heavy atom. The predicted octanol–water partition coefficient (Wildman–Crippen LogP) is 4.79. The number of carbonyl (C=O) groups excluding carboxylic acids is 1. The van der Waals surface area contributed by atoms with E-state index in [0.717, 1.165) is 25.7 Å². The Balaban J connectivity index is 1.40. The Kier molecular flexibility index (Phi) is 5.43. The van der Waals surface area contributed by atoms with Crippen molar-refractivity contribution in [2.24, 2.45) is 11.7 Å². The summed E-state index contributed by atoms with van der Waals surface area (Å²) in [7, 11) is 0. The average molecular weight is 396 g/mol. The highest BCUT2D eigenvalue weighted by Crippen LogP contribution is 2.33. The van der Waals surface area contributed by atoms with Crippen molar-refractivity contribution in [3.05, 3.63) is 71.4 Å². The third-order valence-corrected chi connectivity index (χ3v) is 5.61. The summed E-state index contributed by atoms with van der Waals surface area (Å²) in [5, 5.41) is 0.667. The van der Waals surface area contributed by atoms with Crippen molar-refractivity contribution in [3.8, 4) is 5.75 Å². The van der Waals surface area contributed by atoms with Gasteiger partial charge in [0.1, 0.15) is 22.9 Å². The third kappa shape index (κ3) is 4.21. The second-order valence-corrected chi connectivity index (χ2v) is 7.58. The fourth-order valence-corrected chi connectivity index (χ4v) is 4.05. The van der Waals surface area contributed by atoms with Crippen molar-refractivity contribution in [1.29, 1.82) is 0 Å². The number of nitrogens with zero attached hydrogens (tertiary/aromatic N) is 1. The van der Waals surface area contributed by atoms with E-state index in [2.05, 4.69) is 4.98 Å². The van der Waals surface area contributed by atoms with Crippen molar-refractivity contribution in [1.82, 2.24) is 4.98 Å². The molecule has 1 aliphatic carbocycles. The molecule has 150 valence electrons. The minimum atomic E-state index is -0.552. The normalized spacial score (nSPS) is 19.2. The number of benzene rings is 2. The van der Waals surface area contributed by atoms with E-state index < -0.39 is 5.91 Å². The summed E-state index contributed by atoms with van der Waals surface area (Å²) < 4.78 is 34.2. The van der Waals surface area contributed by atoms with Crippen molar-refractivity contribution in [2.75, 3.05) is 0 Å². The lowest BCUT2D eigenvalue weighted by Crippen LogP contribution is -2.25. The molecule has 2 N–H and O–H groups in total. The largest absolute Gasteiger partial charge is 0.490 e. The quantitative estimate of drug-likeness (QED) is 0.674. The van der Waals surface area contributed by atoms with Gasteiger partial charge in [0.2, 0.25) is 5.91 Å². The number of primary amides is 1. The van der Waals surface area contributed by atoms with Crippen LogP contribution in [0.25, 0.3) is 10.9 Å². The van der Waals surface area contributed by atoms with E-state index in [0.29, 0.717) is 40.1 Å². The van der Waals surface area contributed by atoms with Gasteiger partial charge in [0.15, 0.2) is 0 Å². The molecule has 1 fully saturated rings. The first-order chi connectivity index (χ1) is 14.0. The van der Waals surface area contributed by atoms with Gasteiger partial charge in [0.25, 0.3) is 0 Å². The molecule has 2 aromatic carbocycles. The van der Waals surface area contributed by atoms with Gasteiger partial charge >= 0.3 is 0 Å². The molecule has 1 aromatic heterocycles. The maximum atomic E-state index is 14.1. The topological polar surface area (TPSA) is 65.2 Å². The smallest absolute Gasteiger partial charge is 0.248 e. The summed E-state index contributed by atoms with van der Waals surface area (Å²) in [4.78, 5) is 15.4. The Morgan fingerprint density at radius 2 is 1.86 bits per heavy atom. The molecule has 0 bridgehead atoms. The van der Waals surface area contributed by atoms with Crippen LogP contribution in [0.1, 0.15) is 41.6 Å². The Morgan fingerprint density at radius 3 is 2.62 bits per heavy atom. The number of ether oxygens (including phenoxy) is 1. The zero-order chi connectivity index (χ0) is 20.4. The maximum absolute atomic E-state index is 14.1. The van der Waals surface area contributed by atoms with E-state index in [-0.39, 0.29) is 17.7 Å². The van der Waals surface area contributed by atoms with Crippen LogP contribution in [-0.4, -0.2) is 17.0 Å². The summed E-state index contributed by atoms with van der Waals surface area (Å²) in [5.41, 5.74) is 6.47. The molecular formula is C23H22F2N2O2. The first kappa shape index (κ1) is 19.3. The van der Waals surface area contributed by atoms with Crippen LogP contribution in [-0.2, 0) is 6.42 Å². The average Bonchev–Trinajstić information content (AvgIpc) is 2.72. The Hall–Kier alpha value is -3.02. The molecule has 4 rings (SSSR count). The number of aromatic nitrogens is 1. The molecule has 0 spiro atoms. The van der Waals surface area contributed by atoms with Crippen LogP contribution in [0, 0.1) is 17.6 Å². The molecule has 0 saturated heterocycles. The zero-order valence-electron chi connectivity index (χ0n) is 15.9. The molecule has 0 atom stereocenters. The van der Waals surface area contributed by atoms with Crippen LogP contribution in [0.5, 0.6) is 5.75 Å². The number of nitrogens with two attached hydrogens (primary N) is 1. The van der Waals surface area contributed by atoms with Gasteiger partial charge in [-0.25, -0.2) is 8.78 Å². The molecule has 1 heterocycles. The molecule has 0 aliphatic heterocycles. The lowest BCUT2D eigenvalue weighted by atomic mass is 9.83. The van der Waals surface area contributed by atoms with Gasteiger partial charge in [0, 0.05) is 17.1 Å². The number of pyridine rings is 1. The Bertz CT molecular complexity index is 1050. The molecule has 4 nitrogen and oxygen atoms in total. The van der Waals surface area contributed by atoms with Crippen LogP contribution in [0.4, 0.5) is 8.78 Å². The van der Waals surface area contributed by atoms with Crippen molar-refractivity contribution in [3.63, 3.8) is 0 Å². The van der Waals surface area contributed by atoms with Gasteiger partial charge in [0.05, 0.1) is 6.10 Å². The predicted molar refractivity (Wildman–Crippen MR) is 107 cm³/mol. The van der Waals surface area contributed by atoms with E-state index in [4.69, 9.17) is 10.5 Å². The van der Waals surface area contributed by atoms with Gasteiger partial charge < -0.3 is 10.5 Å². The van der Waals surface area contributed by atoms with E-state index in [1.807, 2.05) is 0 Å². The monoisotopic (exact) mass is 396 g/mol. The minimum absolute atomic E-state index is 0.0296. The van der Waals surface area contributed by atoms with Crippen molar-refractivity contribution in [2.45, 2.75) is 38.2 Å². The van der Waals surface area contributed by atoms with Crippen LogP contribution < -0.4 is 10.5 Å². The number of carbonyl (C=O) groups is 1. The van der Waals surface area contributed by atoms with Crippen LogP contribution >= 0.6 is 0 Å². The van der Waals surface area contributed by atoms with Crippen LogP contribution in [0.3, 0.4) is 0 Å². The fraction of sp³-hybridized carbons (Fsp3) is 0.304. The lowest BCUT2D eigenvalue weighted by molar-refractivity contribution is 0.1000. The number of hydrogen-bond acceptors (Lipinski definition) is 3. The van der Waals surface area contributed by atoms with Gasteiger partial charge in [-0.15, -0.1) is 0 Å². The summed E-state index contributed by atoms with van der Waals surface area (Å²) in [6, 6.07) is 10.9. The number of fused-ring (bicyclic) bond motifs is 1. The Labute approximate surface area is 167 Å². The highest BCUT2D eigenvalue weighted by molar-refractivity contribution is 5.92. The standard InChI is InChI=1S/C23H22F2N2O2/c24-19-9-6-15(23(26)28)13-16(19)12-14-4-7-17(8-5-14)29-21-10-11-27-22-18(21)2-1-3-20(22)25/h1-3,6,9-11,13-14,17H,4-5,7-8,12H2,(H2,26,28). The summed E-state index contributed by atoms with van der Waals surface area (Å²) >= 11 is 0. The maximum Gasteiger partial charge on any atom is 0.248 e. The molecule has 6 heteroatoms. The van der Waals surface area contributed by atoms with Crippen molar-refractivity contribution >= 4 is 16.8 Å². The summed E-state index contributed by atoms with van der Waals surface area (Å²) in [6.45, 7) is 0. The molecule has 0 radical (unpaired) electrons. The number of para-hydroxylation sites is 1. The second-order valence-electron chi connectivity index (χ2n) is 7.58. The molecule has 1 saturated carbocycles. The van der Waals surface area contributed by atoms with E-state index in [1.54, 1.807) is 30.5 Å². The first-order valence-electron chi connectivity index (χ1n) is 9.79. The molecule has 1 aliphatic rings. The molecule has 0 unspecified atom stereocenters. The van der Waals surface area contributed by atoms with Gasteiger partial charge in [-0.3, -0.25) is 9.78 Å². The van der Waals surface area contributed by atoms with Crippen LogP contribution in [0.2, 0.25) is 0 Å². The van der Waals surface area contributed by atoms with Gasteiger partial charge in [-0.1, -0.05) is 6.07 Å². The summed E-state index contributed by atoms with van der Waals surface area (Å²) in [5.74, 6) is -0.267. The minimum Gasteiger partial charge on any atom is -0.490 e. The number of amides is 1. The van der Waals surface area contributed by atoms with Gasteiger partial charge in [-0.2, -0.15) is 0 Å². The number of rotatable bonds is 5.